The van der Waals surface area contributed by atoms with Gasteiger partial charge in [-0.15, -0.1) is 0 Å². The number of thiocarbonyl (C=S) groups is 1. The number of hydrogen-bond donors (Lipinski definition) is 3. The van der Waals surface area contributed by atoms with E-state index in [-0.39, 0.29) is 17.6 Å². The third-order valence-corrected chi connectivity index (χ3v) is 4.20. The van der Waals surface area contributed by atoms with Crippen LogP contribution < -0.4 is 10.6 Å². The molecule has 0 bridgehead atoms. The molecule has 0 amide bonds. The van der Waals surface area contributed by atoms with Crippen molar-refractivity contribution in [2.45, 2.75) is 6.04 Å². The van der Waals surface area contributed by atoms with E-state index in [0.717, 1.165) is 16.8 Å². The standard InChI is InChI=1S/C17H12N2O2S/c20-10-7-5-9(6-8-10)14-13-15(19-17(22)18-14)11-3-1-2-4-12(11)16(13)21/h1-8,14,20H,(H2,18,19,22). The minimum atomic E-state index is -0.316. The summed E-state index contributed by atoms with van der Waals surface area (Å²) >= 11 is 5.28. The van der Waals surface area contributed by atoms with Crippen LogP contribution in [-0.4, -0.2) is 16.0 Å². The van der Waals surface area contributed by atoms with Crippen molar-refractivity contribution in [2.24, 2.45) is 0 Å². The topological polar surface area (TPSA) is 61.4 Å². The van der Waals surface area contributed by atoms with Crippen LogP contribution in [-0.2, 0) is 0 Å². The number of benzene rings is 2. The summed E-state index contributed by atoms with van der Waals surface area (Å²) in [6.07, 6.45) is 0. The summed E-state index contributed by atoms with van der Waals surface area (Å²) in [5.74, 6) is 0.196. The molecule has 108 valence electrons. The van der Waals surface area contributed by atoms with Crippen LogP contribution in [0.25, 0.3) is 5.70 Å². The van der Waals surface area contributed by atoms with Crippen LogP contribution in [0, 0.1) is 0 Å². The van der Waals surface area contributed by atoms with E-state index in [9.17, 15) is 9.90 Å². The molecule has 1 heterocycles. The van der Waals surface area contributed by atoms with Gasteiger partial charge in [-0.05, 0) is 29.9 Å². The van der Waals surface area contributed by atoms with Crippen LogP contribution in [0.1, 0.15) is 27.5 Å². The van der Waals surface area contributed by atoms with Crippen molar-refractivity contribution in [2.75, 3.05) is 0 Å². The summed E-state index contributed by atoms with van der Waals surface area (Å²) in [5, 5.41) is 16.2. The fourth-order valence-electron chi connectivity index (χ4n) is 2.98. The highest BCUT2D eigenvalue weighted by Crippen LogP contribution is 2.39. The van der Waals surface area contributed by atoms with Gasteiger partial charge in [-0.25, -0.2) is 0 Å². The van der Waals surface area contributed by atoms with E-state index in [2.05, 4.69) is 10.6 Å². The maximum Gasteiger partial charge on any atom is 0.194 e. The summed E-state index contributed by atoms with van der Waals surface area (Å²) in [6, 6.07) is 14.0. The second-order valence-corrected chi connectivity index (χ2v) is 5.69. The average molecular weight is 308 g/mol. The number of nitrogens with one attached hydrogen (secondary N) is 2. The number of aromatic hydroxyl groups is 1. The molecule has 1 aliphatic heterocycles. The molecule has 0 fully saturated rings. The fourth-order valence-corrected chi connectivity index (χ4v) is 3.20. The normalized spacial score (nSPS) is 19.4. The maximum atomic E-state index is 12.8. The smallest absolute Gasteiger partial charge is 0.194 e. The van der Waals surface area contributed by atoms with Gasteiger partial charge in [0.25, 0.3) is 0 Å². The molecule has 0 aromatic heterocycles. The van der Waals surface area contributed by atoms with Crippen molar-refractivity contribution < 1.29 is 9.90 Å². The first kappa shape index (κ1) is 13.0. The Balaban J connectivity index is 1.88. The van der Waals surface area contributed by atoms with Crippen LogP contribution in [0.4, 0.5) is 0 Å². The number of Topliss-reactive ketones (excluding diaryl/α,β-unsaturated/α-hetero) is 1. The number of carbonyl (C=O) groups excluding carboxylic acids is 1. The number of ketones is 1. The molecule has 1 aliphatic carbocycles. The van der Waals surface area contributed by atoms with Crippen molar-refractivity contribution in [3.05, 3.63) is 70.8 Å². The van der Waals surface area contributed by atoms with Crippen molar-refractivity contribution in [1.82, 2.24) is 10.6 Å². The van der Waals surface area contributed by atoms with Gasteiger partial charge in [-0.3, -0.25) is 4.79 Å². The SMILES string of the molecule is O=C1C2=C(NC(=S)NC2c2ccc(O)cc2)c2ccccc21. The number of hydrogen-bond acceptors (Lipinski definition) is 3. The lowest BCUT2D eigenvalue weighted by Gasteiger charge is -2.28. The Kier molecular flexibility index (Phi) is 2.77. The van der Waals surface area contributed by atoms with Crippen LogP contribution in [0.3, 0.4) is 0 Å². The summed E-state index contributed by atoms with van der Waals surface area (Å²) in [5.41, 5.74) is 3.91. The molecule has 0 saturated carbocycles. The Hall–Kier alpha value is -2.66. The number of phenols is 1. The van der Waals surface area contributed by atoms with E-state index < -0.39 is 0 Å². The predicted octanol–water partition coefficient (Wildman–Crippen LogP) is 2.52. The van der Waals surface area contributed by atoms with Crippen molar-refractivity contribution in [1.29, 1.82) is 0 Å². The predicted molar refractivity (Wildman–Crippen MR) is 87.4 cm³/mol. The third-order valence-electron chi connectivity index (χ3n) is 3.98. The van der Waals surface area contributed by atoms with Gasteiger partial charge in [0.2, 0.25) is 0 Å². The second kappa shape index (κ2) is 4.68. The molecule has 0 spiro atoms. The number of rotatable bonds is 1. The monoisotopic (exact) mass is 308 g/mol. The summed E-state index contributed by atoms with van der Waals surface area (Å²) in [6.45, 7) is 0. The maximum absolute atomic E-state index is 12.8. The third kappa shape index (κ3) is 1.83. The first-order valence-corrected chi connectivity index (χ1v) is 7.30. The summed E-state index contributed by atoms with van der Waals surface area (Å²) in [4.78, 5) is 12.8. The molecular formula is C17H12N2O2S. The Labute approximate surface area is 132 Å². The number of fused-ring (bicyclic) bond motifs is 2. The number of carbonyl (C=O) groups is 1. The van der Waals surface area contributed by atoms with Gasteiger partial charge in [0.15, 0.2) is 10.9 Å². The van der Waals surface area contributed by atoms with Gasteiger partial charge in [0.05, 0.1) is 17.3 Å². The molecule has 1 atom stereocenters. The highest BCUT2D eigenvalue weighted by atomic mass is 32.1. The van der Waals surface area contributed by atoms with Crippen LogP contribution in [0.2, 0.25) is 0 Å². The molecule has 22 heavy (non-hydrogen) atoms. The lowest BCUT2D eigenvalue weighted by atomic mass is 9.94. The largest absolute Gasteiger partial charge is 0.508 e. The lowest BCUT2D eigenvalue weighted by molar-refractivity contribution is 0.103. The summed E-state index contributed by atoms with van der Waals surface area (Å²) < 4.78 is 0. The first-order valence-electron chi connectivity index (χ1n) is 6.90. The Morgan fingerprint density at radius 3 is 2.41 bits per heavy atom. The molecule has 5 heteroatoms. The van der Waals surface area contributed by atoms with Crippen LogP contribution in [0.15, 0.2) is 54.1 Å². The van der Waals surface area contributed by atoms with Crippen LogP contribution >= 0.6 is 12.2 Å². The van der Waals surface area contributed by atoms with Gasteiger partial charge < -0.3 is 15.7 Å². The Morgan fingerprint density at radius 1 is 1.00 bits per heavy atom. The van der Waals surface area contributed by atoms with Crippen LogP contribution in [0.5, 0.6) is 5.75 Å². The van der Waals surface area contributed by atoms with E-state index in [4.69, 9.17) is 12.2 Å². The van der Waals surface area contributed by atoms with E-state index in [1.54, 1.807) is 24.3 Å². The van der Waals surface area contributed by atoms with Crippen molar-refractivity contribution in [3.8, 4) is 5.75 Å². The minimum Gasteiger partial charge on any atom is -0.508 e. The Morgan fingerprint density at radius 2 is 1.68 bits per heavy atom. The molecule has 1 unspecified atom stereocenters. The average Bonchev–Trinajstić information content (AvgIpc) is 2.81. The van der Waals surface area contributed by atoms with Gasteiger partial charge in [-0.1, -0.05) is 36.4 Å². The van der Waals surface area contributed by atoms with Gasteiger partial charge in [-0.2, -0.15) is 0 Å². The zero-order valence-electron chi connectivity index (χ0n) is 11.5. The molecule has 0 saturated heterocycles. The minimum absolute atomic E-state index is 0.00572. The molecule has 3 N–H and O–H groups in total. The van der Waals surface area contributed by atoms with E-state index in [0.29, 0.717) is 16.2 Å². The van der Waals surface area contributed by atoms with Gasteiger partial charge in [0, 0.05) is 11.1 Å². The number of phenolic OH excluding ortho intramolecular Hbond substituents is 1. The lowest BCUT2D eigenvalue weighted by Crippen LogP contribution is -2.43. The Bertz CT molecular complexity index is 840. The van der Waals surface area contributed by atoms with E-state index in [1.807, 2.05) is 24.3 Å². The molecular weight excluding hydrogens is 296 g/mol. The highest BCUT2D eigenvalue weighted by molar-refractivity contribution is 7.80. The molecule has 4 rings (SSSR count). The first-order chi connectivity index (χ1) is 10.6. The van der Waals surface area contributed by atoms with Gasteiger partial charge >= 0.3 is 0 Å². The zero-order chi connectivity index (χ0) is 15.3. The van der Waals surface area contributed by atoms with Crippen molar-refractivity contribution in [3.63, 3.8) is 0 Å². The molecule has 2 aromatic carbocycles. The van der Waals surface area contributed by atoms with E-state index >= 15 is 0 Å². The second-order valence-electron chi connectivity index (χ2n) is 5.29. The fraction of sp³-hybridized carbons (Fsp3) is 0.0588. The molecule has 4 nitrogen and oxygen atoms in total. The zero-order valence-corrected chi connectivity index (χ0v) is 12.3. The van der Waals surface area contributed by atoms with Crippen molar-refractivity contribution >= 4 is 28.8 Å². The van der Waals surface area contributed by atoms with Gasteiger partial charge in [0.1, 0.15) is 5.75 Å². The quantitative estimate of drug-likeness (QED) is 0.707. The summed E-state index contributed by atoms with van der Waals surface area (Å²) in [7, 11) is 0. The molecule has 2 aliphatic rings. The molecule has 2 aromatic rings. The van der Waals surface area contributed by atoms with E-state index in [1.165, 1.54) is 0 Å². The highest BCUT2D eigenvalue weighted by Gasteiger charge is 2.38. The molecule has 0 radical (unpaired) electrons.